The van der Waals surface area contributed by atoms with Crippen molar-refractivity contribution >= 4 is 23.4 Å². The van der Waals surface area contributed by atoms with Crippen LogP contribution >= 0.6 is 11.6 Å². The first-order chi connectivity index (χ1) is 8.56. The third-order valence-electron chi connectivity index (χ3n) is 3.18. The van der Waals surface area contributed by atoms with E-state index in [1.54, 1.807) is 4.90 Å². The molecule has 0 aromatic heterocycles. The molecular weight excluding hydrogens is 252 g/mol. The summed E-state index contributed by atoms with van der Waals surface area (Å²) >= 11 is 5.89. The zero-order chi connectivity index (χ0) is 13.1. The Hall–Kier alpha value is -1.55. The molecular formula is C13H15ClN2O2. The maximum atomic E-state index is 11.7. The number of nitrogens with two attached hydrogens (primary N) is 1. The van der Waals surface area contributed by atoms with Crippen molar-refractivity contribution in [2.24, 2.45) is 11.7 Å². The number of hydrogen-bond acceptors (Lipinski definition) is 2. The summed E-state index contributed by atoms with van der Waals surface area (Å²) in [5.41, 5.74) is 6.30. The smallest absolute Gasteiger partial charge is 0.223 e. The molecule has 0 spiro atoms. The van der Waals surface area contributed by atoms with Gasteiger partial charge in [0.15, 0.2) is 0 Å². The molecule has 1 atom stereocenters. The van der Waals surface area contributed by atoms with Crippen LogP contribution in [0.1, 0.15) is 12.0 Å². The lowest BCUT2D eigenvalue weighted by Gasteiger charge is -2.16. The zero-order valence-electron chi connectivity index (χ0n) is 9.93. The average molecular weight is 267 g/mol. The van der Waals surface area contributed by atoms with Crippen LogP contribution in [0.2, 0.25) is 5.02 Å². The molecule has 5 heteroatoms. The van der Waals surface area contributed by atoms with Gasteiger partial charge in [0.05, 0.1) is 5.92 Å². The number of carbonyl (C=O) groups excluding carboxylic acids is 2. The summed E-state index contributed by atoms with van der Waals surface area (Å²) in [5.74, 6) is -0.730. The number of amides is 2. The van der Waals surface area contributed by atoms with Crippen LogP contribution in [-0.2, 0) is 16.0 Å². The van der Waals surface area contributed by atoms with Crippen LogP contribution in [0.25, 0.3) is 0 Å². The van der Waals surface area contributed by atoms with E-state index in [-0.39, 0.29) is 18.2 Å². The molecule has 0 aliphatic carbocycles. The van der Waals surface area contributed by atoms with Gasteiger partial charge in [-0.2, -0.15) is 0 Å². The fraction of sp³-hybridized carbons (Fsp3) is 0.385. The first-order valence-corrected chi connectivity index (χ1v) is 6.25. The van der Waals surface area contributed by atoms with Gasteiger partial charge in [-0.15, -0.1) is 0 Å². The highest BCUT2D eigenvalue weighted by atomic mass is 35.5. The Balaban J connectivity index is 1.91. The topological polar surface area (TPSA) is 63.4 Å². The SMILES string of the molecule is NC(=O)C1CC(=O)N(CCc2cccc(Cl)c2)C1. The number of halogens is 1. The van der Waals surface area contributed by atoms with Crippen molar-refractivity contribution in [2.45, 2.75) is 12.8 Å². The quantitative estimate of drug-likeness (QED) is 0.891. The third-order valence-corrected chi connectivity index (χ3v) is 3.41. The van der Waals surface area contributed by atoms with Gasteiger partial charge in [0.1, 0.15) is 0 Å². The molecule has 18 heavy (non-hydrogen) atoms. The molecule has 96 valence electrons. The summed E-state index contributed by atoms with van der Waals surface area (Å²) in [6, 6.07) is 7.55. The van der Waals surface area contributed by atoms with Crippen LogP contribution in [0.15, 0.2) is 24.3 Å². The molecule has 2 amide bonds. The molecule has 0 saturated carbocycles. The normalized spacial score (nSPS) is 19.3. The molecule has 1 aromatic carbocycles. The van der Waals surface area contributed by atoms with E-state index < -0.39 is 5.91 Å². The standard InChI is InChI=1S/C13H15ClN2O2/c14-11-3-1-2-9(6-11)4-5-16-8-10(13(15)18)7-12(16)17/h1-3,6,10H,4-5,7-8H2,(H2,15,18). The second-order valence-corrected chi connectivity index (χ2v) is 4.96. The van der Waals surface area contributed by atoms with Crippen LogP contribution in [0.4, 0.5) is 0 Å². The van der Waals surface area contributed by atoms with Crippen molar-refractivity contribution in [2.75, 3.05) is 13.1 Å². The maximum Gasteiger partial charge on any atom is 0.223 e. The number of carbonyl (C=O) groups is 2. The predicted molar refractivity (Wildman–Crippen MR) is 69.0 cm³/mol. The van der Waals surface area contributed by atoms with Gasteiger partial charge in [0.2, 0.25) is 11.8 Å². The number of hydrogen-bond donors (Lipinski definition) is 1. The number of nitrogens with zero attached hydrogens (tertiary/aromatic N) is 1. The van der Waals surface area contributed by atoms with Crippen molar-refractivity contribution < 1.29 is 9.59 Å². The van der Waals surface area contributed by atoms with Crippen LogP contribution < -0.4 is 5.73 Å². The van der Waals surface area contributed by atoms with Crippen molar-refractivity contribution in [1.29, 1.82) is 0 Å². The fourth-order valence-electron chi connectivity index (χ4n) is 2.14. The first kappa shape index (κ1) is 12.9. The van der Waals surface area contributed by atoms with Crippen LogP contribution in [-0.4, -0.2) is 29.8 Å². The molecule has 4 nitrogen and oxygen atoms in total. The predicted octanol–water partition coefficient (Wildman–Crippen LogP) is 1.22. The molecule has 1 aliphatic heterocycles. The minimum Gasteiger partial charge on any atom is -0.369 e. The Kier molecular flexibility index (Phi) is 3.87. The number of rotatable bonds is 4. The van der Waals surface area contributed by atoms with Gasteiger partial charge in [0, 0.05) is 24.5 Å². The lowest BCUT2D eigenvalue weighted by Crippen LogP contribution is -2.30. The third kappa shape index (κ3) is 3.01. The fourth-order valence-corrected chi connectivity index (χ4v) is 2.35. The monoisotopic (exact) mass is 266 g/mol. The van der Waals surface area contributed by atoms with Crippen molar-refractivity contribution in [3.63, 3.8) is 0 Å². The van der Waals surface area contributed by atoms with Crippen molar-refractivity contribution in [3.05, 3.63) is 34.9 Å². The summed E-state index contributed by atoms with van der Waals surface area (Å²) in [6.07, 6.45) is 0.975. The van der Waals surface area contributed by atoms with Crippen LogP contribution in [0.3, 0.4) is 0 Å². The van der Waals surface area contributed by atoms with Crippen molar-refractivity contribution in [1.82, 2.24) is 4.90 Å². The van der Waals surface area contributed by atoms with E-state index in [9.17, 15) is 9.59 Å². The molecule has 2 N–H and O–H groups in total. The Morgan fingerprint density at radius 1 is 1.50 bits per heavy atom. The minimum atomic E-state index is -0.395. The molecule has 1 heterocycles. The van der Waals surface area contributed by atoms with E-state index in [2.05, 4.69) is 0 Å². The summed E-state index contributed by atoms with van der Waals surface area (Å²) in [4.78, 5) is 24.4. The van der Waals surface area contributed by atoms with E-state index >= 15 is 0 Å². The average Bonchev–Trinajstić information content (AvgIpc) is 2.68. The molecule has 1 aromatic rings. The van der Waals surface area contributed by atoms with Crippen LogP contribution in [0, 0.1) is 5.92 Å². The van der Waals surface area contributed by atoms with Crippen molar-refractivity contribution in [3.8, 4) is 0 Å². The zero-order valence-corrected chi connectivity index (χ0v) is 10.7. The molecule has 1 saturated heterocycles. The largest absolute Gasteiger partial charge is 0.369 e. The van der Waals surface area contributed by atoms with E-state index in [1.807, 2.05) is 24.3 Å². The molecule has 0 bridgehead atoms. The van der Waals surface area contributed by atoms with E-state index in [0.29, 0.717) is 18.1 Å². The Bertz CT molecular complexity index is 476. The summed E-state index contributed by atoms with van der Waals surface area (Å²) in [5, 5.41) is 0.690. The Labute approximate surface area is 111 Å². The highest BCUT2D eigenvalue weighted by molar-refractivity contribution is 6.30. The minimum absolute atomic E-state index is 0.000767. The molecule has 1 aliphatic rings. The van der Waals surface area contributed by atoms with Gasteiger partial charge in [-0.25, -0.2) is 0 Å². The van der Waals surface area contributed by atoms with Gasteiger partial charge < -0.3 is 10.6 Å². The second kappa shape index (κ2) is 5.40. The molecule has 1 unspecified atom stereocenters. The lowest BCUT2D eigenvalue weighted by atomic mass is 10.1. The van der Waals surface area contributed by atoms with Crippen LogP contribution in [0.5, 0.6) is 0 Å². The summed E-state index contributed by atoms with van der Waals surface area (Å²) in [7, 11) is 0. The number of likely N-dealkylation sites (tertiary alicyclic amines) is 1. The Morgan fingerprint density at radius 2 is 2.28 bits per heavy atom. The second-order valence-electron chi connectivity index (χ2n) is 4.52. The van der Waals surface area contributed by atoms with Gasteiger partial charge in [-0.05, 0) is 24.1 Å². The van der Waals surface area contributed by atoms with Gasteiger partial charge in [-0.3, -0.25) is 9.59 Å². The maximum absolute atomic E-state index is 11.7. The molecule has 2 rings (SSSR count). The first-order valence-electron chi connectivity index (χ1n) is 5.88. The summed E-state index contributed by atoms with van der Waals surface area (Å²) in [6.45, 7) is 1.04. The molecule has 0 radical (unpaired) electrons. The van der Waals surface area contributed by atoms with E-state index in [4.69, 9.17) is 17.3 Å². The van der Waals surface area contributed by atoms with Gasteiger partial charge in [0.25, 0.3) is 0 Å². The highest BCUT2D eigenvalue weighted by Crippen LogP contribution is 2.18. The molecule has 1 fully saturated rings. The number of primary amides is 1. The van der Waals surface area contributed by atoms with Gasteiger partial charge >= 0.3 is 0 Å². The lowest BCUT2D eigenvalue weighted by molar-refractivity contribution is -0.128. The van der Waals surface area contributed by atoms with E-state index in [0.717, 1.165) is 12.0 Å². The highest BCUT2D eigenvalue weighted by Gasteiger charge is 2.32. The van der Waals surface area contributed by atoms with Gasteiger partial charge in [-0.1, -0.05) is 23.7 Å². The Morgan fingerprint density at radius 3 is 2.89 bits per heavy atom. The van der Waals surface area contributed by atoms with E-state index in [1.165, 1.54) is 0 Å². The number of benzene rings is 1. The summed E-state index contributed by atoms with van der Waals surface area (Å²) < 4.78 is 0.